The number of carbonyl (C=O) groups excluding carboxylic acids is 1. The van der Waals surface area contributed by atoms with Gasteiger partial charge in [0.1, 0.15) is 17.7 Å². The maximum absolute atomic E-state index is 13.1. The lowest BCUT2D eigenvalue weighted by Crippen LogP contribution is -2.43. The van der Waals surface area contributed by atoms with Gasteiger partial charge in [-0.2, -0.15) is 13.2 Å². The summed E-state index contributed by atoms with van der Waals surface area (Å²) in [5.41, 5.74) is 2.60. The Balaban J connectivity index is 0.000000234. The first kappa shape index (κ1) is 22.3. The number of hydrogen-bond donors (Lipinski definition) is 3. The van der Waals surface area contributed by atoms with Crippen molar-refractivity contribution in [1.82, 2.24) is 15.3 Å². The fraction of sp³-hybridized carbons (Fsp3) is 0.350. The summed E-state index contributed by atoms with van der Waals surface area (Å²) < 4.78 is 49.0. The van der Waals surface area contributed by atoms with Gasteiger partial charge >= 0.3 is 6.18 Å². The number of rotatable bonds is 6. The van der Waals surface area contributed by atoms with E-state index >= 15 is 0 Å². The number of allylic oxidation sites excluding steroid dienone is 2. The van der Waals surface area contributed by atoms with Crippen LogP contribution in [0.5, 0.6) is 0 Å². The van der Waals surface area contributed by atoms with Crippen LogP contribution >= 0.6 is 0 Å². The van der Waals surface area contributed by atoms with Gasteiger partial charge in [-0.3, -0.25) is 4.79 Å². The van der Waals surface area contributed by atoms with Crippen molar-refractivity contribution >= 4 is 17.7 Å². The second-order valence-corrected chi connectivity index (χ2v) is 6.77. The molecule has 1 heterocycles. The lowest BCUT2D eigenvalue weighted by molar-refractivity contribution is -0.162. The third-order valence-corrected chi connectivity index (χ3v) is 4.32. The number of halogens is 4. The fourth-order valence-corrected chi connectivity index (χ4v) is 2.66. The van der Waals surface area contributed by atoms with Crippen LogP contribution in [0.25, 0.3) is 5.57 Å². The van der Waals surface area contributed by atoms with E-state index in [0.29, 0.717) is 18.4 Å². The van der Waals surface area contributed by atoms with Crippen molar-refractivity contribution < 1.29 is 22.4 Å². The average Bonchev–Trinajstić information content (AvgIpc) is 3.38. The highest BCUT2D eigenvalue weighted by Gasteiger charge is 2.48. The fourth-order valence-electron chi connectivity index (χ4n) is 2.66. The maximum atomic E-state index is 13.1. The maximum Gasteiger partial charge on any atom is 0.408 e. The Labute approximate surface area is 165 Å². The first-order chi connectivity index (χ1) is 13.6. The highest BCUT2D eigenvalue weighted by atomic mass is 19.4. The number of aromatic nitrogens is 2. The number of nitrogens with one attached hydrogen (secondary N) is 3. The average molecular weight is 410 g/mol. The Kier molecular flexibility index (Phi) is 7.30. The Morgan fingerprint density at radius 3 is 2.55 bits per heavy atom. The van der Waals surface area contributed by atoms with Crippen LogP contribution in [0.2, 0.25) is 0 Å². The van der Waals surface area contributed by atoms with Gasteiger partial charge in [0.05, 0.1) is 17.6 Å². The molecule has 3 rings (SSSR count). The first-order valence-corrected chi connectivity index (χ1v) is 8.93. The summed E-state index contributed by atoms with van der Waals surface area (Å²) in [6.45, 7) is 3.76. The van der Waals surface area contributed by atoms with E-state index in [1.54, 1.807) is 29.7 Å². The van der Waals surface area contributed by atoms with Crippen molar-refractivity contribution in [2.24, 2.45) is 5.92 Å². The highest BCUT2D eigenvalue weighted by molar-refractivity contribution is 6.09. The standard InChI is InChI=1S/C14H14FN3.C6H8F3NO/c1-9(14-8-17-10(2)18-14)6-13(16)11-4-3-5-12(15)7-11;7-6(8,9)5(10-3-11)4-1-2-4/h3-8,16H,1-2H3,(H,17,18);3-5H,1-2H2,(H,10,11)/b9-6-,16-13?;. The summed E-state index contributed by atoms with van der Waals surface area (Å²) in [4.78, 5) is 17.0. The summed E-state index contributed by atoms with van der Waals surface area (Å²) in [6.07, 6.45) is 0.357. The molecule has 9 heteroatoms. The Bertz CT molecular complexity index is 885. The minimum absolute atomic E-state index is 0.108. The molecule has 1 amide bonds. The van der Waals surface area contributed by atoms with Crippen LogP contribution < -0.4 is 5.32 Å². The number of alkyl halides is 3. The molecule has 1 unspecified atom stereocenters. The zero-order chi connectivity index (χ0) is 21.6. The topological polar surface area (TPSA) is 81.6 Å². The van der Waals surface area contributed by atoms with Gasteiger partial charge in [-0.1, -0.05) is 12.1 Å². The van der Waals surface area contributed by atoms with Gasteiger partial charge in [0.2, 0.25) is 6.41 Å². The summed E-state index contributed by atoms with van der Waals surface area (Å²) in [5.74, 6) is 0.107. The number of imidazole rings is 1. The van der Waals surface area contributed by atoms with Crippen molar-refractivity contribution in [1.29, 1.82) is 5.41 Å². The monoisotopic (exact) mass is 410 g/mol. The van der Waals surface area contributed by atoms with Gasteiger partial charge in [-0.05, 0) is 56.4 Å². The van der Waals surface area contributed by atoms with Gasteiger partial charge in [0.25, 0.3) is 0 Å². The largest absolute Gasteiger partial charge is 0.408 e. The minimum Gasteiger partial charge on any atom is -0.347 e. The summed E-state index contributed by atoms with van der Waals surface area (Å²) in [6, 6.07) is 4.41. The number of benzene rings is 1. The quantitative estimate of drug-likeness (QED) is 0.375. The molecule has 0 saturated heterocycles. The van der Waals surface area contributed by atoms with E-state index in [0.717, 1.165) is 17.1 Å². The molecule has 1 atom stereocenters. The normalized spacial score (nSPS) is 15.2. The van der Waals surface area contributed by atoms with Crippen molar-refractivity contribution in [3.8, 4) is 0 Å². The number of aromatic amines is 1. The third kappa shape index (κ3) is 6.85. The lowest BCUT2D eigenvalue weighted by atomic mass is 10.1. The van der Waals surface area contributed by atoms with Crippen LogP contribution in [0.15, 0.2) is 36.5 Å². The van der Waals surface area contributed by atoms with Crippen LogP contribution in [0, 0.1) is 24.1 Å². The second-order valence-electron chi connectivity index (χ2n) is 6.77. The van der Waals surface area contributed by atoms with E-state index in [1.807, 2.05) is 13.8 Å². The number of hydrogen-bond acceptors (Lipinski definition) is 3. The number of H-pyrrole nitrogens is 1. The molecular formula is C20H22F4N4O. The Hall–Kier alpha value is -2.97. The van der Waals surface area contributed by atoms with Gasteiger partial charge in [0, 0.05) is 5.56 Å². The van der Waals surface area contributed by atoms with Gasteiger partial charge in [-0.15, -0.1) is 0 Å². The summed E-state index contributed by atoms with van der Waals surface area (Å²) in [5, 5.41) is 9.71. The number of carbonyl (C=O) groups is 1. The second kappa shape index (κ2) is 9.49. The van der Waals surface area contributed by atoms with E-state index in [9.17, 15) is 22.4 Å². The molecule has 1 aliphatic carbocycles. The van der Waals surface area contributed by atoms with Crippen LogP contribution in [0.4, 0.5) is 17.6 Å². The highest BCUT2D eigenvalue weighted by Crippen LogP contribution is 2.39. The van der Waals surface area contributed by atoms with E-state index in [4.69, 9.17) is 5.41 Å². The predicted molar refractivity (Wildman–Crippen MR) is 102 cm³/mol. The first-order valence-electron chi connectivity index (χ1n) is 8.93. The molecule has 3 N–H and O–H groups in total. The minimum atomic E-state index is -4.29. The van der Waals surface area contributed by atoms with E-state index in [2.05, 4.69) is 9.97 Å². The van der Waals surface area contributed by atoms with E-state index in [-0.39, 0.29) is 23.9 Å². The third-order valence-electron chi connectivity index (χ3n) is 4.32. The summed E-state index contributed by atoms with van der Waals surface area (Å²) >= 11 is 0. The summed E-state index contributed by atoms with van der Waals surface area (Å²) in [7, 11) is 0. The van der Waals surface area contributed by atoms with Crippen molar-refractivity contribution in [2.75, 3.05) is 0 Å². The molecule has 1 aromatic heterocycles. The Morgan fingerprint density at radius 2 is 2.07 bits per heavy atom. The molecule has 0 spiro atoms. The van der Waals surface area contributed by atoms with Crippen LogP contribution in [0.3, 0.4) is 0 Å². The van der Waals surface area contributed by atoms with Gasteiger partial charge in [-0.25, -0.2) is 9.37 Å². The SMILES string of the molecule is C/C(=C/C(=N)c1cccc(F)c1)c1cnc(C)[nH]1.O=CNC(C1CC1)C(F)(F)F. The molecule has 156 valence electrons. The van der Waals surface area contributed by atoms with Crippen LogP contribution in [-0.2, 0) is 4.79 Å². The van der Waals surface area contributed by atoms with Crippen LogP contribution in [0.1, 0.15) is 36.8 Å². The van der Waals surface area contributed by atoms with Crippen molar-refractivity contribution in [3.05, 3.63) is 59.4 Å². The zero-order valence-electron chi connectivity index (χ0n) is 16.0. The predicted octanol–water partition coefficient (Wildman–Crippen LogP) is 4.40. The molecule has 5 nitrogen and oxygen atoms in total. The molecule has 0 radical (unpaired) electrons. The number of nitrogens with zero attached hydrogens (tertiary/aromatic N) is 1. The molecule has 29 heavy (non-hydrogen) atoms. The van der Waals surface area contributed by atoms with Crippen LogP contribution in [-0.4, -0.2) is 34.3 Å². The number of aryl methyl sites for hydroxylation is 1. The van der Waals surface area contributed by atoms with Gasteiger partial charge in [0.15, 0.2) is 0 Å². The Morgan fingerprint density at radius 1 is 1.38 bits per heavy atom. The molecule has 0 bridgehead atoms. The van der Waals surface area contributed by atoms with E-state index < -0.39 is 12.2 Å². The van der Waals surface area contributed by atoms with E-state index in [1.165, 1.54) is 12.1 Å². The van der Waals surface area contributed by atoms with Crippen molar-refractivity contribution in [2.45, 2.75) is 38.9 Å². The molecule has 1 fully saturated rings. The molecule has 1 aliphatic rings. The molecule has 1 saturated carbocycles. The molecule has 0 aliphatic heterocycles. The molecular weight excluding hydrogens is 388 g/mol. The smallest absolute Gasteiger partial charge is 0.347 e. The number of amides is 1. The molecule has 1 aromatic carbocycles. The van der Waals surface area contributed by atoms with Gasteiger partial charge < -0.3 is 15.7 Å². The van der Waals surface area contributed by atoms with Crippen molar-refractivity contribution in [3.63, 3.8) is 0 Å². The molecule has 2 aromatic rings. The lowest BCUT2D eigenvalue weighted by Gasteiger charge is -2.18. The zero-order valence-corrected chi connectivity index (χ0v) is 16.0.